The molecule has 0 saturated carbocycles. The van der Waals surface area contributed by atoms with E-state index in [2.05, 4.69) is 10.0 Å². The fourth-order valence-corrected chi connectivity index (χ4v) is 2.38. The van der Waals surface area contributed by atoms with Gasteiger partial charge in [-0.15, -0.1) is 0 Å². The van der Waals surface area contributed by atoms with Gasteiger partial charge in [-0.2, -0.15) is 8.42 Å². The topological polar surface area (TPSA) is 104 Å². The molecule has 0 spiro atoms. The maximum Gasteiger partial charge on any atom is 0.296 e. The van der Waals surface area contributed by atoms with Crippen molar-refractivity contribution in [1.29, 1.82) is 0 Å². The summed E-state index contributed by atoms with van der Waals surface area (Å²) < 4.78 is 24.2. The first-order valence-corrected chi connectivity index (χ1v) is 8.14. The lowest BCUT2D eigenvalue weighted by atomic mass is 9.83. The number of rotatable bonds is 8. The van der Waals surface area contributed by atoms with E-state index in [9.17, 15) is 13.5 Å². The van der Waals surface area contributed by atoms with Crippen LogP contribution in [0.15, 0.2) is 24.3 Å². The van der Waals surface area contributed by atoms with Gasteiger partial charge in [0.2, 0.25) is 0 Å². The summed E-state index contributed by atoms with van der Waals surface area (Å²) in [5.41, 5.74) is 1.02. The molecular formula is C13H23N3O3S. The average Bonchev–Trinajstić information content (AvgIpc) is 2.39. The molecule has 114 valence electrons. The van der Waals surface area contributed by atoms with Gasteiger partial charge in [-0.3, -0.25) is 4.72 Å². The van der Waals surface area contributed by atoms with Crippen molar-refractivity contribution in [2.75, 3.05) is 23.2 Å². The van der Waals surface area contributed by atoms with Crippen molar-refractivity contribution in [2.45, 2.75) is 26.7 Å². The third-order valence-corrected chi connectivity index (χ3v) is 4.15. The summed E-state index contributed by atoms with van der Waals surface area (Å²) >= 11 is 0. The lowest BCUT2D eigenvalue weighted by molar-refractivity contribution is 0.127. The molecule has 0 fully saturated rings. The van der Waals surface area contributed by atoms with E-state index in [0.717, 1.165) is 18.5 Å². The molecule has 0 radical (unpaired) electrons. The zero-order valence-electron chi connectivity index (χ0n) is 11.9. The van der Waals surface area contributed by atoms with E-state index in [-0.39, 0.29) is 12.0 Å². The zero-order valence-corrected chi connectivity index (χ0v) is 12.7. The second-order valence-electron chi connectivity index (χ2n) is 4.95. The number of hydrogen-bond acceptors (Lipinski definition) is 4. The summed E-state index contributed by atoms with van der Waals surface area (Å²) in [5.74, 6) is 0. The Balaban J connectivity index is 2.76. The number of nitrogens with one attached hydrogen (secondary N) is 2. The number of aliphatic hydroxyl groups excluding tert-OH is 1. The monoisotopic (exact) mass is 301 g/mol. The van der Waals surface area contributed by atoms with Crippen LogP contribution in [0, 0.1) is 5.41 Å². The van der Waals surface area contributed by atoms with Gasteiger partial charge in [0.25, 0.3) is 10.2 Å². The molecule has 1 aromatic carbocycles. The molecule has 0 unspecified atom stereocenters. The quantitative estimate of drug-likeness (QED) is 0.584. The Morgan fingerprint density at radius 3 is 2.35 bits per heavy atom. The van der Waals surface area contributed by atoms with Gasteiger partial charge in [-0.1, -0.05) is 19.9 Å². The van der Waals surface area contributed by atoms with Crippen LogP contribution >= 0.6 is 0 Å². The van der Waals surface area contributed by atoms with E-state index >= 15 is 0 Å². The van der Waals surface area contributed by atoms with E-state index in [1.165, 1.54) is 0 Å². The number of benzene rings is 1. The van der Waals surface area contributed by atoms with Crippen LogP contribution in [0.25, 0.3) is 0 Å². The molecule has 1 rings (SSSR count). The van der Waals surface area contributed by atoms with Crippen LogP contribution in [0.2, 0.25) is 0 Å². The molecule has 1 aromatic rings. The summed E-state index contributed by atoms with van der Waals surface area (Å²) in [6.45, 7) is 4.82. The summed E-state index contributed by atoms with van der Waals surface area (Å²) in [5, 5.41) is 17.7. The fourth-order valence-electron chi connectivity index (χ4n) is 1.93. The molecule has 0 bridgehead atoms. The highest BCUT2D eigenvalue weighted by Gasteiger charge is 2.24. The van der Waals surface area contributed by atoms with Crippen LogP contribution in [-0.2, 0) is 10.2 Å². The third kappa shape index (κ3) is 4.99. The first kappa shape index (κ1) is 16.7. The molecule has 5 N–H and O–H groups in total. The molecular weight excluding hydrogens is 278 g/mol. The predicted molar refractivity (Wildman–Crippen MR) is 81.8 cm³/mol. The molecule has 0 aromatic heterocycles. The fraction of sp³-hybridized carbons (Fsp3) is 0.538. The average molecular weight is 301 g/mol. The van der Waals surface area contributed by atoms with E-state index < -0.39 is 10.2 Å². The molecule has 20 heavy (non-hydrogen) atoms. The maximum absolute atomic E-state index is 11.0. The van der Waals surface area contributed by atoms with Crippen molar-refractivity contribution in [1.82, 2.24) is 0 Å². The van der Waals surface area contributed by atoms with Crippen LogP contribution in [0.5, 0.6) is 0 Å². The summed E-state index contributed by atoms with van der Waals surface area (Å²) in [6, 6.07) is 6.85. The Kier molecular flexibility index (Phi) is 5.79. The standard InChI is InChI=1S/C13H23N3O3S/c1-3-13(4-2,10-17)9-15-11-6-5-7-12(8-11)16-20(14,18)19/h5-8,15-17H,3-4,9-10H2,1-2H3,(H2,14,18,19). The largest absolute Gasteiger partial charge is 0.396 e. The van der Waals surface area contributed by atoms with Crippen molar-refractivity contribution in [3.63, 3.8) is 0 Å². The van der Waals surface area contributed by atoms with Gasteiger partial charge in [0, 0.05) is 17.6 Å². The van der Waals surface area contributed by atoms with Crippen LogP contribution in [0.3, 0.4) is 0 Å². The predicted octanol–water partition coefficient (Wildman–Crippen LogP) is 1.51. The molecule has 7 heteroatoms. The first-order chi connectivity index (χ1) is 9.34. The second kappa shape index (κ2) is 6.92. The van der Waals surface area contributed by atoms with Gasteiger partial charge in [-0.25, -0.2) is 5.14 Å². The van der Waals surface area contributed by atoms with Gasteiger partial charge in [0.1, 0.15) is 0 Å². The highest BCUT2D eigenvalue weighted by molar-refractivity contribution is 7.90. The Morgan fingerprint density at radius 1 is 1.25 bits per heavy atom. The minimum atomic E-state index is -3.77. The van der Waals surface area contributed by atoms with Crippen LogP contribution in [0.4, 0.5) is 11.4 Å². The molecule has 0 atom stereocenters. The van der Waals surface area contributed by atoms with E-state index in [0.29, 0.717) is 12.2 Å². The lowest BCUT2D eigenvalue weighted by Gasteiger charge is -2.30. The van der Waals surface area contributed by atoms with Crippen molar-refractivity contribution in [2.24, 2.45) is 10.6 Å². The van der Waals surface area contributed by atoms with E-state index in [4.69, 9.17) is 5.14 Å². The number of nitrogens with two attached hydrogens (primary N) is 1. The lowest BCUT2D eigenvalue weighted by Crippen LogP contribution is -2.32. The van der Waals surface area contributed by atoms with Crippen molar-refractivity contribution in [3.05, 3.63) is 24.3 Å². The van der Waals surface area contributed by atoms with E-state index in [1.54, 1.807) is 18.2 Å². The Hall–Kier alpha value is -1.31. The van der Waals surface area contributed by atoms with Gasteiger partial charge in [0.05, 0.1) is 12.3 Å². The van der Waals surface area contributed by atoms with Crippen LogP contribution in [-0.4, -0.2) is 26.7 Å². The smallest absolute Gasteiger partial charge is 0.296 e. The summed E-state index contributed by atoms with van der Waals surface area (Å²) in [4.78, 5) is 0. The molecule has 0 amide bonds. The second-order valence-corrected chi connectivity index (χ2v) is 6.24. The highest BCUT2D eigenvalue weighted by atomic mass is 32.2. The van der Waals surface area contributed by atoms with Crippen LogP contribution in [0.1, 0.15) is 26.7 Å². The third-order valence-electron chi connectivity index (χ3n) is 3.63. The molecule has 0 heterocycles. The minimum Gasteiger partial charge on any atom is -0.396 e. The van der Waals surface area contributed by atoms with Crippen molar-refractivity contribution < 1.29 is 13.5 Å². The number of anilines is 2. The molecule has 0 saturated heterocycles. The Labute approximate surface area is 120 Å². The highest BCUT2D eigenvalue weighted by Crippen LogP contribution is 2.26. The number of aliphatic hydroxyl groups is 1. The Morgan fingerprint density at radius 2 is 1.85 bits per heavy atom. The Bertz CT molecular complexity index is 519. The van der Waals surface area contributed by atoms with Crippen LogP contribution < -0.4 is 15.2 Å². The molecule has 0 aliphatic rings. The van der Waals surface area contributed by atoms with Crippen molar-refractivity contribution >= 4 is 21.6 Å². The molecule has 0 aliphatic heterocycles. The van der Waals surface area contributed by atoms with Gasteiger partial charge in [-0.05, 0) is 31.0 Å². The molecule has 6 nitrogen and oxygen atoms in total. The van der Waals surface area contributed by atoms with E-state index in [1.807, 2.05) is 19.9 Å². The normalized spacial score (nSPS) is 12.2. The SMILES string of the molecule is CCC(CC)(CO)CNc1cccc(NS(N)(=O)=O)c1. The van der Waals surface area contributed by atoms with Gasteiger partial charge in [0.15, 0.2) is 0 Å². The van der Waals surface area contributed by atoms with Gasteiger partial charge < -0.3 is 10.4 Å². The molecule has 0 aliphatic carbocycles. The van der Waals surface area contributed by atoms with Crippen molar-refractivity contribution in [3.8, 4) is 0 Å². The summed E-state index contributed by atoms with van der Waals surface area (Å²) in [7, 11) is -3.77. The summed E-state index contributed by atoms with van der Waals surface area (Å²) in [6.07, 6.45) is 1.73. The van der Waals surface area contributed by atoms with Gasteiger partial charge >= 0.3 is 0 Å². The minimum absolute atomic E-state index is 0.113. The maximum atomic E-state index is 11.0. The first-order valence-electron chi connectivity index (χ1n) is 6.59. The number of hydrogen-bond donors (Lipinski definition) is 4. The zero-order chi connectivity index (χ0) is 15.2.